The van der Waals surface area contributed by atoms with E-state index in [-0.39, 0.29) is 11.7 Å². The van der Waals surface area contributed by atoms with Gasteiger partial charge in [0.25, 0.3) is 0 Å². The van der Waals surface area contributed by atoms with Gasteiger partial charge in [-0.05, 0) is 39.4 Å². The molecule has 1 heterocycles. The molecule has 0 saturated carbocycles. The molecule has 1 aromatic rings. The van der Waals surface area contributed by atoms with Crippen LogP contribution in [0.5, 0.6) is 5.75 Å². The Bertz CT molecular complexity index is 460. The van der Waals surface area contributed by atoms with Crippen LogP contribution in [0.15, 0.2) is 24.3 Å². The molecule has 1 aromatic carbocycles. The molecule has 0 bridgehead atoms. The van der Waals surface area contributed by atoms with Crippen LogP contribution in [0.3, 0.4) is 0 Å². The summed E-state index contributed by atoms with van der Waals surface area (Å²) in [6, 6.07) is 7.64. The van der Waals surface area contributed by atoms with E-state index >= 15 is 0 Å². The number of likely N-dealkylation sites (tertiary alicyclic amines) is 1. The zero-order valence-corrected chi connectivity index (χ0v) is 12.4. The summed E-state index contributed by atoms with van der Waals surface area (Å²) in [4.78, 5) is 16.5. The topological polar surface area (TPSA) is 43.8 Å². The number of benzene rings is 1. The molecular formula is C16H24N2O2. The number of phenolic OH excluding ortho intramolecular Hbond substituents is 1. The van der Waals surface area contributed by atoms with E-state index < -0.39 is 0 Å². The molecule has 1 fully saturated rings. The lowest BCUT2D eigenvalue weighted by molar-refractivity contribution is -0.130. The van der Waals surface area contributed by atoms with Crippen molar-refractivity contribution < 1.29 is 9.90 Å². The summed E-state index contributed by atoms with van der Waals surface area (Å²) in [5, 5.41) is 9.75. The lowest BCUT2D eigenvalue weighted by Crippen LogP contribution is -2.34. The summed E-state index contributed by atoms with van der Waals surface area (Å²) in [7, 11) is 4.20. The van der Waals surface area contributed by atoms with E-state index in [1.54, 1.807) is 12.1 Å². The quantitative estimate of drug-likeness (QED) is 0.916. The van der Waals surface area contributed by atoms with Gasteiger partial charge in [-0.2, -0.15) is 0 Å². The molecule has 20 heavy (non-hydrogen) atoms. The van der Waals surface area contributed by atoms with Crippen molar-refractivity contribution in [2.75, 3.05) is 27.2 Å². The molecule has 4 heteroatoms. The van der Waals surface area contributed by atoms with Crippen molar-refractivity contribution in [3.8, 4) is 5.75 Å². The van der Waals surface area contributed by atoms with Gasteiger partial charge in [0.1, 0.15) is 5.75 Å². The summed E-state index contributed by atoms with van der Waals surface area (Å²) < 4.78 is 0. The average Bonchev–Trinajstić information content (AvgIpc) is 2.67. The molecule has 0 spiro atoms. The molecule has 2 rings (SSSR count). The third-order valence-corrected chi connectivity index (χ3v) is 4.11. The number of carbonyl (C=O) groups is 1. The van der Waals surface area contributed by atoms with Gasteiger partial charge >= 0.3 is 0 Å². The number of aromatic hydroxyl groups is 1. The Balaban J connectivity index is 1.94. The summed E-state index contributed by atoms with van der Waals surface area (Å²) in [5.41, 5.74) is 0.714. The van der Waals surface area contributed by atoms with Crippen LogP contribution in [-0.4, -0.2) is 54.0 Å². The van der Waals surface area contributed by atoms with E-state index in [0.717, 1.165) is 32.4 Å². The van der Waals surface area contributed by atoms with Crippen LogP contribution in [0.4, 0.5) is 0 Å². The van der Waals surface area contributed by atoms with Crippen LogP contribution in [0.2, 0.25) is 0 Å². The van der Waals surface area contributed by atoms with Crippen molar-refractivity contribution in [1.82, 2.24) is 9.80 Å². The van der Waals surface area contributed by atoms with Crippen molar-refractivity contribution in [3.63, 3.8) is 0 Å². The first-order chi connectivity index (χ1) is 9.58. The lowest BCUT2D eigenvalue weighted by Gasteiger charge is -2.23. The van der Waals surface area contributed by atoms with E-state index in [1.165, 1.54) is 0 Å². The Hall–Kier alpha value is -1.55. The molecule has 1 unspecified atom stereocenters. The van der Waals surface area contributed by atoms with Crippen LogP contribution in [0.25, 0.3) is 0 Å². The Kier molecular flexibility index (Phi) is 5.01. The van der Waals surface area contributed by atoms with Crippen LogP contribution < -0.4 is 0 Å². The highest BCUT2D eigenvalue weighted by molar-refractivity contribution is 5.79. The van der Waals surface area contributed by atoms with Crippen molar-refractivity contribution in [2.45, 2.75) is 31.7 Å². The standard InChI is InChI=1S/C16H24N2O2/c1-17(2)14-7-5-10-18(11-9-14)16(20)12-13-6-3-4-8-15(13)19/h3-4,6,8,14,19H,5,7,9-12H2,1-2H3. The molecule has 0 aromatic heterocycles. The zero-order chi connectivity index (χ0) is 14.5. The second-order valence-corrected chi connectivity index (χ2v) is 5.73. The molecule has 1 saturated heterocycles. The highest BCUT2D eigenvalue weighted by atomic mass is 16.3. The van der Waals surface area contributed by atoms with Crippen LogP contribution in [0, 0.1) is 0 Å². The minimum atomic E-state index is 0.117. The van der Waals surface area contributed by atoms with Gasteiger partial charge in [-0.25, -0.2) is 0 Å². The highest BCUT2D eigenvalue weighted by Gasteiger charge is 2.22. The second kappa shape index (κ2) is 6.75. The largest absolute Gasteiger partial charge is 0.508 e. The summed E-state index contributed by atoms with van der Waals surface area (Å²) >= 11 is 0. The SMILES string of the molecule is CN(C)C1CCCN(C(=O)Cc2ccccc2O)CC1. The minimum absolute atomic E-state index is 0.117. The number of rotatable bonds is 3. The van der Waals surface area contributed by atoms with E-state index in [2.05, 4.69) is 19.0 Å². The molecule has 1 N–H and O–H groups in total. The van der Waals surface area contributed by atoms with Crippen molar-refractivity contribution in [2.24, 2.45) is 0 Å². The monoisotopic (exact) mass is 276 g/mol. The van der Waals surface area contributed by atoms with Crippen molar-refractivity contribution >= 4 is 5.91 Å². The number of hydrogen-bond donors (Lipinski definition) is 1. The van der Waals surface area contributed by atoms with Gasteiger partial charge in [0.05, 0.1) is 6.42 Å². The van der Waals surface area contributed by atoms with Gasteiger partial charge in [-0.1, -0.05) is 18.2 Å². The van der Waals surface area contributed by atoms with Gasteiger partial charge in [0, 0.05) is 24.7 Å². The molecule has 1 aliphatic rings. The highest BCUT2D eigenvalue weighted by Crippen LogP contribution is 2.19. The molecule has 0 radical (unpaired) electrons. The summed E-state index contributed by atoms with van der Waals surface area (Å²) in [6.07, 6.45) is 3.52. The Morgan fingerprint density at radius 3 is 2.75 bits per heavy atom. The van der Waals surface area contributed by atoms with E-state index in [9.17, 15) is 9.90 Å². The summed E-state index contributed by atoms with van der Waals surface area (Å²) in [5.74, 6) is 0.327. The van der Waals surface area contributed by atoms with Gasteiger partial charge in [-0.15, -0.1) is 0 Å². The molecule has 1 amide bonds. The van der Waals surface area contributed by atoms with E-state index in [1.807, 2.05) is 17.0 Å². The number of nitrogens with zero attached hydrogens (tertiary/aromatic N) is 2. The number of para-hydroxylation sites is 1. The van der Waals surface area contributed by atoms with Crippen molar-refractivity contribution in [3.05, 3.63) is 29.8 Å². The fourth-order valence-corrected chi connectivity index (χ4v) is 2.78. The minimum Gasteiger partial charge on any atom is -0.508 e. The van der Waals surface area contributed by atoms with Gasteiger partial charge in [0.15, 0.2) is 0 Å². The summed E-state index contributed by atoms with van der Waals surface area (Å²) in [6.45, 7) is 1.64. The first-order valence-electron chi connectivity index (χ1n) is 7.29. The number of hydrogen-bond acceptors (Lipinski definition) is 3. The smallest absolute Gasteiger partial charge is 0.227 e. The first-order valence-corrected chi connectivity index (χ1v) is 7.29. The molecule has 1 aliphatic heterocycles. The molecule has 0 aliphatic carbocycles. The fraction of sp³-hybridized carbons (Fsp3) is 0.562. The van der Waals surface area contributed by atoms with Crippen LogP contribution in [-0.2, 0) is 11.2 Å². The zero-order valence-electron chi connectivity index (χ0n) is 12.4. The Labute approximate surface area is 121 Å². The second-order valence-electron chi connectivity index (χ2n) is 5.73. The van der Waals surface area contributed by atoms with Crippen LogP contribution in [0.1, 0.15) is 24.8 Å². The number of amides is 1. The third-order valence-electron chi connectivity index (χ3n) is 4.11. The first kappa shape index (κ1) is 14.9. The van der Waals surface area contributed by atoms with Gasteiger partial charge < -0.3 is 14.9 Å². The molecular weight excluding hydrogens is 252 g/mol. The van der Waals surface area contributed by atoms with Crippen LogP contribution >= 0.6 is 0 Å². The van der Waals surface area contributed by atoms with Gasteiger partial charge in [-0.3, -0.25) is 4.79 Å². The normalized spacial score (nSPS) is 19.9. The number of phenols is 1. The Morgan fingerprint density at radius 2 is 2.05 bits per heavy atom. The number of carbonyl (C=O) groups excluding carboxylic acids is 1. The maximum Gasteiger partial charge on any atom is 0.227 e. The maximum absolute atomic E-state index is 12.4. The van der Waals surface area contributed by atoms with E-state index in [0.29, 0.717) is 18.0 Å². The molecule has 1 atom stereocenters. The Morgan fingerprint density at radius 1 is 1.30 bits per heavy atom. The average molecular weight is 276 g/mol. The maximum atomic E-state index is 12.4. The van der Waals surface area contributed by atoms with E-state index in [4.69, 9.17) is 0 Å². The molecule has 4 nitrogen and oxygen atoms in total. The van der Waals surface area contributed by atoms with Crippen molar-refractivity contribution in [1.29, 1.82) is 0 Å². The predicted octanol–water partition coefficient (Wildman–Crippen LogP) is 1.88. The fourth-order valence-electron chi connectivity index (χ4n) is 2.78. The molecule has 110 valence electrons. The predicted molar refractivity (Wildman–Crippen MR) is 79.7 cm³/mol. The third kappa shape index (κ3) is 3.73. The van der Waals surface area contributed by atoms with Gasteiger partial charge in [0.2, 0.25) is 5.91 Å². The lowest BCUT2D eigenvalue weighted by atomic mass is 10.1.